The Morgan fingerprint density at radius 1 is 1.61 bits per heavy atom. The van der Waals surface area contributed by atoms with Crippen LogP contribution in [0.4, 0.5) is 5.13 Å². The Balaban J connectivity index is 2.05. The van der Waals surface area contributed by atoms with Gasteiger partial charge in [0.25, 0.3) is 5.91 Å². The summed E-state index contributed by atoms with van der Waals surface area (Å²) in [4.78, 5) is 16.4. The van der Waals surface area contributed by atoms with Crippen LogP contribution >= 0.6 is 22.9 Å². The van der Waals surface area contributed by atoms with Crippen molar-refractivity contribution in [1.29, 1.82) is 0 Å². The summed E-state index contributed by atoms with van der Waals surface area (Å²) >= 11 is 6.83. The Labute approximate surface area is 112 Å². The van der Waals surface area contributed by atoms with Gasteiger partial charge >= 0.3 is 0 Å². The van der Waals surface area contributed by atoms with Crippen LogP contribution in [0.3, 0.4) is 0 Å². The Bertz CT molecular complexity index is 624. The van der Waals surface area contributed by atoms with Gasteiger partial charge in [0, 0.05) is 0 Å². The zero-order valence-electron chi connectivity index (χ0n) is 9.07. The van der Waals surface area contributed by atoms with E-state index in [1.807, 2.05) is 0 Å². The number of carbonyl (C=O) groups is 1. The molecule has 3 N–H and O–H groups in total. The smallest absolute Gasteiger partial charge is 0.293 e. The maximum Gasteiger partial charge on any atom is 0.293 e. The van der Waals surface area contributed by atoms with Gasteiger partial charge in [0.1, 0.15) is 0 Å². The third kappa shape index (κ3) is 3.11. The van der Waals surface area contributed by atoms with E-state index in [0.29, 0.717) is 5.13 Å². The van der Waals surface area contributed by atoms with Crippen LogP contribution in [0.5, 0.6) is 0 Å². The molecule has 0 aromatic carbocycles. The highest BCUT2D eigenvalue weighted by atomic mass is 35.5. The first-order valence-electron chi connectivity index (χ1n) is 4.90. The van der Waals surface area contributed by atoms with E-state index in [0.717, 1.165) is 4.88 Å². The highest BCUT2D eigenvalue weighted by molar-refractivity contribution is 7.16. The van der Waals surface area contributed by atoms with Gasteiger partial charge in [-0.2, -0.15) is 0 Å². The average molecular weight is 282 g/mol. The molecule has 2 heterocycles. The molecule has 92 valence electrons. The van der Waals surface area contributed by atoms with Crippen molar-refractivity contribution in [3.63, 3.8) is 0 Å². The normalized spacial score (nSPS) is 9.67. The Morgan fingerprint density at radius 2 is 2.44 bits per heavy atom. The predicted molar refractivity (Wildman–Crippen MR) is 69.7 cm³/mol. The summed E-state index contributed by atoms with van der Waals surface area (Å²) in [5, 5.41) is 3.19. The molecule has 0 radical (unpaired) electrons. The first-order valence-corrected chi connectivity index (χ1v) is 6.10. The van der Waals surface area contributed by atoms with Crippen molar-refractivity contribution in [2.24, 2.45) is 5.73 Å². The van der Waals surface area contributed by atoms with Crippen LogP contribution in [0.25, 0.3) is 0 Å². The van der Waals surface area contributed by atoms with E-state index in [9.17, 15) is 4.79 Å². The number of halogens is 1. The molecular formula is C11H8ClN3O2S. The van der Waals surface area contributed by atoms with Crippen molar-refractivity contribution in [2.75, 3.05) is 11.9 Å². The topological polar surface area (TPSA) is 81.1 Å². The van der Waals surface area contributed by atoms with Crippen molar-refractivity contribution >= 4 is 34.0 Å². The summed E-state index contributed by atoms with van der Waals surface area (Å²) in [5.74, 6) is 5.25. The van der Waals surface area contributed by atoms with Crippen molar-refractivity contribution in [1.82, 2.24) is 4.98 Å². The van der Waals surface area contributed by atoms with Crippen LogP contribution in [-0.2, 0) is 0 Å². The molecule has 0 atom stereocenters. The molecule has 2 rings (SSSR count). The van der Waals surface area contributed by atoms with Crippen LogP contribution in [0, 0.1) is 11.8 Å². The first-order chi connectivity index (χ1) is 8.69. The number of thiazole rings is 1. The van der Waals surface area contributed by atoms with E-state index < -0.39 is 5.91 Å². The van der Waals surface area contributed by atoms with Crippen LogP contribution in [-0.4, -0.2) is 17.4 Å². The molecule has 0 aliphatic carbocycles. The number of aromatic nitrogens is 1. The molecule has 0 unspecified atom stereocenters. The quantitative estimate of drug-likeness (QED) is 0.825. The van der Waals surface area contributed by atoms with Crippen LogP contribution in [0.15, 0.2) is 22.7 Å². The summed E-state index contributed by atoms with van der Waals surface area (Å²) in [6.45, 7) is 0.282. The second-order valence-electron chi connectivity index (χ2n) is 3.09. The molecule has 0 saturated carbocycles. The van der Waals surface area contributed by atoms with Gasteiger partial charge in [0.05, 0.1) is 17.6 Å². The van der Waals surface area contributed by atoms with Crippen LogP contribution < -0.4 is 11.1 Å². The molecule has 0 fully saturated rings. The second-order valence-corrected chi connectivity index (χ2v) is 4.50. The maximum absolute atomic E-state index is 11.7. The summed E-state index contributed by atoms with van der Waals surface area (Å²) < 4.78 is 4.97. The number of hydrogen-bond acceptors (Lipinski definition) is 5. The number of carbonyl (C=O) groups excluding carboxylic acids is 1. The monoisotopic (exact) mass is 281 g/mol. The van der Waals surface area contributed by atoms with Gasteiger partial charge in [0.15, 0.2) is 16.1 Å². The largest absolute Gasteiger partial charge is 0.440 e. The van der Waals surface area contributed by atoms with E-state index >= 15 is 0 Å². The van der Waals surface area contributed by atoms with Crippen LogP contribution in [0.2, 0.25) is 5.22 Å². The van der Waals surface area contributed by atoms with E-state index in [-0.39, 0.29) is 17.5 Å². The molecule has 0 aliphatic heterocycles. The fraction of sp³-hybridized carbons (Fsp3) is 0.0909. The molecule has 0 saturated heterocycles. The van der Waals surface area contributed by atoms with Gasteiger partial charge in [0.2, 0.25) is 0 Å². The minimum absolute atomic E-state index is 0.129. The van der Waals surface area contributed by atoms with Crippen LogP contribution in [0.1, 0.15) is 15.4 Å². The fourth-order valence-electron chi connectivity index (χ4n) is 1.12. The lowest BCUT2D eigenvalue weighted by atomic mass is 10.4. The van der Waals surface area contributed by atoms with Gasteiger partial charge in [-0.3, -0.25) is 10.1 Å². The SMILES string of the molecule is NCC#Cc1cnc(NC(=O)c2ccc(Cl)o2)s1. The van der Waals surface area contributed by atoms with E-state index in [4.69, 9.17) is 21.8 Å². The van der Waals surface area contributed by atoms with E-state index in [1.165, 1.54) is 23.5 Å². The number of nitrogens with one attached hydrogen (secondary N) is 1. The molecule has 0 spiro atoms. The Hall–Kier alpha value is -1.81. The number of anilines is 1. The Kier molecular flexibility index (Phi) is 3.99. The average Bonchev–Trinajstić information content (AvgIpc) is 2.96. The zero-order chi connectivity index (χ0) is 13.0. The first kappa shape index (κ1) is 12.6. The molecule has 2 aromatic heterocycles. The van der Waals surface area contributed by atoms with Gasteiger partial charge in [-0.25, -0.2) is 4.98 Å². The molecule has 0 aliphatic rings. The van der Waals surface area contributed by atoms with Gasteiger partial charge in [-0.15, -0.1) is 0 Å². The highest BCUT2D eigenvalue weighted by Crippen LogP contribution is 2.19. The summed E-state index contributed by atoms with van der Waals surface area (Å²) in [7, 11) is 0. The summed E-state index contributed by atoms with van der Waals surface area (Å²) in [5.41, 5.74) is 5.26. The Morgan fingerprint density at radius 3 is 3.11 bits per heavy atom. The number of nitrogens with two attached hydrogens (primary N) is 1. The van der Waals surface area contributed by atoms with E-state index in [2.05, 4.69) is 22.1 Å². The number of hydrogen-bond donors (Lipinski definition) is 2. The van der Waals surface area contributed by atoms with Crippen molar-refractivity contribution in [2.45, 2.75) is 0 Å². The van der Waals surface area contributed by atoms with E-state index in [1.54, 1.807) is 6.20 Å². The lowest BCUT2D eigenvalue weighted by molar-refractivity contribution is 0.0997. The molecular weight excluding hydrogens is 274 g/mol. The number of furan rings is 1. The lowest BCUT2D eigenvalue weighted by Gasteiger charge is -1.96. The summed E-state index contributed by atoms with van der Waals surface area (Å²) in [6.07, 6.45) is 1.57. The highest BCUT2D eigenvalue weighted by Gasteiger charge is 2.12. The number of rotatable bonds is 2. The van der Waals surface area contributed by atoms with Crippen molar-refractivity contribution < 1.29 is 9.21 Å². The molecule has 5 nitrogen and oxygen atoms in total. The molecule has 7 heteroatoms. The fourth-order valence-corrected chi connectivity index (χ4v) is 1.96. The number of amides is 1. The maximum atomic E-state index is 11.7. The number of nitrogens with zero attached hydrogens (tertiary/aromatic N) is 1. The van der Waals surface area contributed by atoms with Crippen molar-refractivity contribution in [3.05, 3.63) is 34.2 Å². The van der Waals surface area contributed by atoms with Gasteiger partial charge < -0.3 is 10.2 Å². The minimum atomic E-state index is -0.408. The molecule has 0 bridgehead atoms. The lowest BCUT2D eigenvalue weighted by Crippen LogP contribution is -2.10. The molecule has 2 aromatic rings. The standard InChI is InChI=1S/C11H8ClN3O2S/c12-9-4-3-8(17-9)10(16)15-11-14-6-7(18-11)2-1-5-13/h3-4,6H,5,13H2,(H,14,15,16). The second kappa shape index (κ2) is 5.69. The zero-order valence-corrected chi connectivity index (χ0v) is 10.6. The predicted octanol–water partition coefficient (Wildman–Crippen LogP) is 1.95. The molecule has 18 heavy (non-hydrogen) atoms. The third-order valence-corrected chi connectivity index (χ3v) is 2.87. The summed E-state index contributed by atoms with van der Waals surface area (Å²) in [6, 6.07) is 2.98. The van der Waals surface area contributed by atoms with Crippen molar-refractivity contribution in [3.8, 4) is 11.8 Å². The minimum Gasteiger partial charge on any atom is -0.440 e. The van der Waals surface area contributed by atoms with Gasteiger partial charge in [-0.05, 0) is 23.7 Å². The third-order valence-electron chi connectivity index (χ3n) is 1.84. The van der Waals surface area contributed by atoms with Gasteiger partial charge in [-0.1, -0.05) is 23.2 Å². The molecule has 1 amide bonds.